The molecule has 0 amide bonds. The number of aromatic amines is 1. The molecule has 5 heteroatoms. The van der Waals surface area contributed by atoms with E-state index in [1.54, 1.807) is 12.3 Å². The van der Waals surface area contributed by atoms with Gasteiger partial charge in [-0.15, -0.1) is 0 Å². The highest BCUT2D eigenvalue weighted by Crippen LogP contribution is 2.30. The zero-order valence-electron chi connectivity index (χ0n) is 9.87. The molecule has 0 bridgehead atoms. The molecule has 0 aliphatic carbocycles. The highest BCUT2D eigenvalue weighted by atomic mass is 35.5. The number of aliphatic hydroxyl groups excluding tert-OH is 1. The molecule has 1 unspecified atom stereocenters. The molecule has 2 aromatic rings. The van der Waals surface area contributed by atoms with Crippen molar-refractivity contribution in [3.63, 3.8) is 0 Å². The van der Waals surface area contributed by atoms with E-state index in [1.807, 2.05) is 19.9 Å². The van der Waals surface area contributed by atoms with Gasteiger partial charge in [-0.05, 0) is 32.4 Å². The maximum absolute atomic E-state index is 10.2. The lowest BCUT2D eigenvalue weighted by molar-refractivity contribution is 0.143. The summed E-state index contributed by atoms with van der Waals surface area (Å²) in [7, 11) is 0. The summed E-state index contributed by atoms with van der Waals surface area (Å²) in [4.78, 5) is 0. The Hall–Kier alpha value is -1.10. The number of H-pyrrole nitrogens is 1. The van der Waals surface area contributed by atoms with Crippen molar-refractivity contribution in [3.05, 3.63) is 28.9 Å². The van der Waals surface area contributed by atoms with Gasteiger partial charge in [0.05, 0.1) is 17.8 Å². The minimum absolute atomic E-state index is 0.436. The minimum atomic E-state index is -0.656. The van der Waals surface area contributed by atoms with Gasteiger partial charge in [-0.1, -0.05) is 11.6 Å². The van der Waals surface area contributed by atoms with E-state index in [2.05, 4.69) is 10.2 Å². The van der Waals surface area contributed by atoms with Gasteiger partial charge in [-0.3, -0.25) is 5.10 Å². The lowest BCUT2D eigenvalue weighted by Crippen LogP contribution is -2.33. The van der Waals surface area contributed by atoms with Crippen LogP contribution in [0.25, 0.3) is 10.9 Å². The van der Waals surface area contributed by atoms with Gasteiger partial charge in [0.25, 0.3) is 0 Å². The fourth-order valence-corrected chi connectivity index (χ4v) is 2.15. The summed E-state index contributed by atoms with van der Waals surface area (Å²) in [5, 5.41) is 18.5. The maximum Gasteiger partial charge on any atom is 0.0828 e. The van der Waals surface area contributed by atoms with E-state index < -0.39 is 11.6 Å². The van der Waals surface area contributed by atoms with E-state index in [0.717, 1.165) is 16.5 Å². The molecule has 0 aliphatic heterocycles. The lowest BCUT2D eigenvalue weighted by Gasteiger charge is -2.23. The number of fused-ring (bicyclic) bond motifs is 1. The first-order chi connectivity index (χ1) is 7.87. The number of nitrogens with two attached hydrogens (primary N) is 1. The lowest BCUT2D eigenvalue weighted by atomic mass is 9.93. The number of halogens is 1. The Labute approximate surface area is 105 Å². The molecule has 17 heavy (non-hydrogen) atoms. The van der Waals surface area contributed by atoms with Crippen LogP contribution < -0.4 is 5.73 Å². The summed E-state index contributed by atoms with van der Waals surface area (Å²) in [6.45, 7) is 3.76. The van der Waals surface area contributed by atoms with E-state index in [4.69, 9.17) is 17.3 Å². The van der Waals surface area contributed by atoms with Crippen LogP contribution in [-0.2, 0) is 0 Å². The van der Waals surface area contributed by atoms with Gasteiger partial charge >= 0.3 is 0 Å². The maximum atomic E-state index is 10.2. The molecule has 0 spiro atoms. The van der Waals surface area contributed by atoms with Crippen LogP contribution in [0.3, 0.4) is 0 Å². The van der Waals surface area contributed by atoms with Gasteiger partial charge in [0.15, 0.2) is 0 Å². The van der Waals surface area contributed by atoms with Crippen molar-refractivity contribution in [2.45, 2.75) is 31.9 Å². The van der Waals surface area contributed by atoms with Crippen molar-refractivity contribution in [2.75, 3.05) is 0 Å². The van der Waals surface area contributed by atoms with Crippen LogP contribution >= 0.6 is 11.6 Å². The molecule has 1 aromatic heterocycles. The summed E-state index contributed by atoms with van der Waals surface area (Å²) in [6, 6.07) is 3.56. The third-order valence-corrected chi connectivity index (χ3v) is 2.84. The molecule has 0 saturated carbocycles. The number of benzene rings is 1. The number of nitrogens with zero attached hydrogens (tertiary/aromatic N) is 1. The fourth-order valence-electron chi connectivity index (χ4n) is 1.92. The summed E-state index contributed by atoms with van der Waals surface area (Å²) in [6.07, 6.45) is 1.49. The zero-order chi connectivity index (χ0) is 12.6. The third-order valence-electron chi connectivity index (χ3n) is 2.62. The average molecular weight is 254 g/mol. The first-order valence-electron chi connectivity index (χ1n) is 5.46. The molecular weight excluding hydrogens is 238 g/mol. The summed E-state index contributed by atoms with van der Waals surface area (Å²) in [5.41, 5.74) is 7.03. The number of hydrogen-bond acceptors (Lipinski definition) is 3. The van der Waals surface area contributed by atoms with E-state index >= 15 is 0 Å². The van der Waals surface area contributed by atoms with Crippen LogP contribution in [0.1, 0.15) is 31.9 Å². The SMILES string of the molecule is CC(C)(N)CC(O)c1cc(Cl)cc2cn[nH]c12. The smallest absolute Gasteiger partial charge is 0.0828 e. The van der Waals surface area contributed by atoms with E-state index in [-0.39, 0.29) is 0 Å². The Morgan fingerprint density at radius 3 is 2.88 bits per heavy atom. The standard InChI is InChI=1S/C12H16ClN3O/c1-12(2,14)5-10(17)9-4-8(13)3-7-6-15-16-11(7)9/h3-4,6,10,17H,5,14H2,1-2H3,(H,15,16). The van der Waals surface area contributed by atoms with Gasteiger partial charge in [0, 0.05) is 21.5 Å². The molecule has 4 nitrogen and oxygen atoms in total. The van der Waals surface area contributed by atoms with Gasteiger partial charge in [-0.25, -0.2) is 0 Å². The predicted octanol–water partition coefficient (Wildman–Crippen LogP) is 2.38. The van der Waals surface area contributed by atoms with Crippen molar-refractivity contribution in [1.82, 2.24) is 10.2 Å². The molecule has 0 fully saturated rings. The van der Waals surface area contributed by atoms with E-state index in [1.165, 1.54) is 0 Å². The molecule has 2 rings (SSSR count). The first kappa shape index (κ1) is 12.4. The average Bonchev–Trinajstić information content (AvgIpc) is 2.60. The third kappa shape index (κ3) is 2.77. The van der Waals surface area contributed by atoms with Gasteiger partial charge in [-0.2, -0.15) is 5.10 Å². The van der Waals surface area contributed by atoms with E-state index in [0.29, 0.717) is 11.4 Å². The van der Waals surface area contributed by atoms with Crippen LogP contribution in [-0.4, -0.2) is 20.8 Å². The second-order valence-corrected chi connectivity index (χ2v) is 5.47. The first-order valence-corrected chi connectivity index (χ1v) is 5.84. The molecule has 1 heterocycles. The molecule has 1 atom stereocenters. The van der Waals surface area contributed by atoms with Gasteiger partial charge in [0.1, 0.15) is 0 Å². The van der Waals surface area contributed by atoms with Crippen molar-refractivity contribution in [2.24, 2.45) is 5.73 Å². The molecule has 0 radical (unpaired) electrons. The van der Waals surface area contributed by atoms with Crippen LogP contribution in [0.2, 0.25) is 5.02 Å². The Morgan fingerprint density at radius 1 is 1.53 bits per heavy atom. The largest absolute Gasteiger partial charge is 0.388 e. The minimum Gasteiger partial charge on any atom is -0.388 e. The molecule has 4 N–H and O–H groups in total. The highest BCUT2D eigenvalue weighted by Gasteiger charge is 2.21. The van der Waals surface area contributed by atoms with Crippen LogP contribution in [0, 0.1) is 0 Å². The van der Waals surface area contributed by atoms with Crippen LogP contribution in [0.15, 0.2) is 18.3 Å². The number of aliphatic hydroxyl groups is 1. The Bertz CT molecular complexity index is 530. The van der Waals surface area contributed by atoms with Gasteiger partial charge in [0.2, 0.25) is 0 Å². The van der Waals surface area contributed by atoms with Crippen molar-refractivity contribution in [1.29, 1.82) is 0 Å². The molecule has 0 saturated heterocycles. The Balaban J connectivity index is 2.43. The molecule has 1 aromatic carbocycles. The van der Waals surface area contributed by atoms with Crippen LogP contribution in [0.4, 0.5) is 0 Å². The van der Waals surface area contributed by atoms with Crippen molar-refractivity contribution in [3.8, 4) is 0 Å². The summed E-state index contributed by atoms with van der Waals surface area (Å²) < 4.78 is 0. The fraction of sp³-hybridized carbons (Fsp3) is 0.417. The molecular formula is C12H16ClN3O. The second-order valence-electron chi connectivity index (χ2n) is 5.04. The molecule has 0 aliphatic rings. The predicted molar refractivity (Wildman–Crippen MR) is 68.9 cm³/mol. The van der Waals surface area contributed by atoms with E-state index in [9.17, 15) is 5.11 Å². The van der Waals surface area contributed by atoms with Crippen LogP contribution in [0.5, 0.6) is 0 Å². The summed E-state index contributed by atoms with van der Waals surface area (Å²) >= 11 is 6.01. The number of rotatable bonds is 3. The highest BCUT2D eigenvalue weighted by molar-refractivity contribution is 6.31. The number of hydrogen-bond donors (Lipinski definition) is 3. The topological polar surface area (TPSA) is 74.9 Å². The number of aromatic nitrogens is 2. The van der Waals surface area contributed by atoms with Crippen molar-refractivity contribution < 1.29 is 5.11 Å². The Morgan fingerprint density at radius 2 is 2.24 bits per heavy atom. The number of nitrogens with one attached hydrogen (secondary N) is 1. The summed E-state index contributed by atoms with van der Waals surface area (Å²) in [5.74, 6) is 0. The van der Waals surface area contributed by atoms with Crippen molar-refractivity contribution >= 4 is 22.5 Å². The molecule has 92 valence electrons. The monoisotopic (exact) mass is 253 g/mol. The second kappa shape index (κ2) is 4.29. The quantitative estimate of drug-likeness (QED) is 0.786. The zero-order valence-corrected chi connectivity index (χ0v) is 10.6. The normalized spacial score (nSPS) is 14.2. The van der Waals surface area contributed by atoms with Gasteiger partial charge < -0.3 is 10.8 Å². The Kier molecular flexibility index (Phi) is 3.12.